The molecule has 86 valence electrons. The van der Waals surface area contributed by atoms with E-state index in [0.29, 0.717) is 0 Å². The standard InChI is InChI=1S/C4H9NO.C2H6O5S/c1-3-6-4-2-5-1;3-1-2-7-8(4,5)6/h5H,1-4H2;3H,1-2H2,(H,4,5,6). The third kappa shape index (κ3) is 11.8. The average Bonchev–Trinajstić information content (AvgIpc) is 2.17. The molecule has 0 radical (unpaired) electrons. The van der Waals surface area contributed by atoms with Gasteiger partial charge in [0.15, 0.2) is 0 Å². The Kier molecular flexibility index (Phi) is 7.95. The van der Waals surface area contributed by atoms with Crippen LogP contribution >= 0.6 is 0 Å². The van der Waals surface area contributed by atoms with E-state index in [-0.39, 0.29) is 0 Å². The molecule has 1 saturated heterocycles. The summed E-state index contributed by atoms with van der Waals surface area (Å²) in [7, 11) is -4.35. The van der Waals surface area contributed by atoms with Gasteiger partial charge in [-0.15, -0.1) is 0 Å². The molecule has 0 aromatic carbocycles. The summed E-state index contributed by atoms with van der Waals surface area (Å²) in [5.74, 6) is 0. The minimum atomic E-state index is -4.35. The molecule has 3 N–H and O–H groups in total. The summed E-state index contributed by atoms with van der Waals surface area (Å²) in [5, 5.41) is 11.1. The summed E-state index contributed by atoms with van der Waals surface area (Å²) in [6.07, 6.45) is 0. The van der Waals surface area contributed by atoms with Crippen molar-refractivity contribution < 1.29 is 27.0 Å². The largest absolute Gasteiger partial charge is 0.397 e. The molecule has 0 atom stereocenters. The fourth-order valence-electron chi connectivity index (χ4n) is 0.658. The van der Waals surface area contributed by atoms with Gasteiger partial charge in [-0.1, -0.05) is 0 Å². The monoisotopic (exact) mass is 229 g/mol. The zero-order valence-corrected chi connectivity index (χ0v) is 8.49. The van der Waals surface area contributed by atoms with E-state index in [1.54, 1.807) is 0 Å². The van der Waals surface area contributed by atoms with Gasteiger partial charge >= 0.3 is 10.4 Å². The Labute approximate surface area is 83.0 Å². The molecule has 1 aliphatic rings. The molecule has 0 saturated carbocycles. The van der Waals surface area contributed by atoms with E-state index in [4.69, 9.17) is 14.4 Å². The lowest BCUT2D eigenvalue weighted by Gasteiger charge is -2.10. The summed E-state index contributed by atoms with van der Waals surface area (Å²) in [6, 6.07) is 0. The topological polar surface area (TPSA) is 105 Å². The lowest BCUT2D eigenvalue weighted by Crippen LogP contribution is -2.30. The molecular weight excluding hydrogens is 214 g/mol. The highest BCUT2D eigenvalue weighted by atomic mass is 32.3. The molecule has 0 aromatic heterocycles. The van der Waals surface area contributed by atoms with Gasteiger partial charge in [0.2, 0.25) is 0 Å². The van der Waals surface area contributed by atoms with Crippen LogP contribution in [0.3, 0.4) is 0 Å². The molecule has 0 aromatic rings. The first-order chi connectivity index (χ1) is 6.56. The molecule has 0 amide bonds. The van der Waals surface area contributed by atoms with Crippen molar-refractivity contribution in [3.63, 3.8) is 0 Å². The predicted octanol–water partition coefficient (Wildman–Crippen LogP) is -1.60. The number of hydrogen-bond donors (Lipinski definition) is 3. The Morgan fingerprint density at radius 1 is 1.36 bits per heavy atom. The van der Waals surface area contributed by atoms with Crippen LogP contribution in [0.5, 0.6) is 0 Å². The maximum atomic E-state index is 9.61. The number of rotatable bonds is 3. The summed E-state index contributed by atoms with van der Waals surface area (Å²) in [4.78, 5) is 0. The molecule has 14 heavy (non-hydrogen) atoms. The van der Waals surface area contributed by atoms with E-state index in [1.807, 2.05) is 0 Å². The van der Waals surface area contributed by atoms with Crippen molar-refractivity contribution in [3.05, 3.63) is 0 Å². The normalized spacial score (nSPS) is 17.0. The van der Waals surface area contributed by atoms with Crippen LogP contribution in [0.15, 0.2) is 0 Å². The van der Waals surface area contributed by atoms with Gasteiger partial charge in [0.05, 0.1) is 26.4 Å². The van der Waals surface area contributed by atoms with Crippen LogP contribution < -0.4 is 5.32 Å². The Hall–Kier alpha value is -0.250. The zero-order chi connectivity index (χ0) is 10.9. The molecule has 0 unspecified atom stereocenters. The zero-order valence-electron chi connectivity index (χ0n) is 7.68. The van der Waals surface area contributed by atoms with E-state index < -0.39 is 23.6 Å². The third-order valence-corrected chi connectivity index (χ3v) is 1.63. The second kappa shape index (κ2) is 8.09. The number of morpholine rings is 1. The van der Waals surface area contributed by atoms with Gasteiger partial charge in [0.1, 0.15) is 0 Å². The maximum Gasteiger partial charge on any atom is 0.397 e. The fraction of sp³-hybridized carbons (Fsp3) is 1.00. The fourth-order valence-corrected chi connectivity index (χ4v) is 0.943. The van der Waals surface area contributed by atoms with Crippen molar-refractivity contribution >= 4 is 10.4 Å². The van der Waals surface area contributed by atoms with Crippen molar-refractivity contribution in [1.82, 2.24) is 5.32 Å². The number of aliphatic hydroxyl groups is 1. The molecule has 1 heterocycles. The lowest BCUT2D eigenvalue weighted by molar-refractivity contribution is 0.109. The highest BCUT2D eigenvalue weighted by Gasteiger charge is 2.00. The van der Waals surface area contributed by atoms with Crippen molar-refractivity contribution in [2.75, 3.05) is 39.5 Å². The quantitative estimate of drug-likeness (QED) is 0.501. The van der Waals surface area contributed by atoms with E-state index in [9.17, 15) is 8.42 Å². The third-order valence-electron chi connectivity index (χ3n) is 1.17. The van der Waals surface area contributed by atoms with E-state index >= 15 is 0 Å². The van der Waals surface area contributed by atoms with Crippen LogP contribution in [0, 0.1) is 0 Å². The van der Waals surface area contributed by atoms with Crippen molar-refractivity contribution in [1.29, 1.82) is 0 Å². The number of hydrogen-bond acceptors (Lipinski definition) is 6. The molecule has 7 nitrogen and oxygen atoms in total. The SMILES string of the molecule is C1COCCN1.O=S(=O)(O)OCCO. The highest BCUT2D eigenvalue weighted by molar-refractivity contribution is 7.80. The van der Waals surface area contributed by atoms with Crippen molar-refractivity contribution in [3.8, 4) is 0 Å². The van der Waals surface area contributed by atoms with Crippen LogP contribution in [0.1, 0.15) is 0 Å². The Balaban J connectivity index is 0.000000249. The summed E-state index contributed by atoms with van der Waals surface area (Å²) in [6.45, 7) is 3.00. The molecule has 8 heteroatoms. The van der Waals surface area contributed by atoms with Gasteiger partial charge in [-0.2, -0.15) is 8.42 Å². The number of nitrogens with one attached hydrogen (secondary N) is 1. The predicted molar refractivity (Wildman–Crippen MR) is 48.3 cm³/mol. The first kappa shape index (κ1) is 13.8. The summed E-state index contributed by atoms with van der Waals surface area (Å²) < 4.78 is 35.7. The van der Waals surface area contributed by atoms with Gasteiger partial charge in [-0.05, 0) is 0 Å². The van der Waals surface area contributed by atoms with Gasteiger partial charge in [-0.25, -0.2) is 4.18 Å². The van der Waals surface area contributed by atoms with Crippen LogP contribution in [-0.2, 0) is 19.3 Å². The Morgan fingerprint density at radius 2 is 1.93 bits per heavy atom. The Morgan fingerprint density at radius 3 is 2.07 bits per heavy atom. The van der Waals surface area contributed by atoms with Crippen molar-refractivity contribution in [2.45, 2.75) is 0 Å². The second-order valence-corrected chi connectivity index (χ2v) is 3.43. The van der Waals surface area contributed by atoms with Crippen LogP contribution in [-0.4, -0.2) is 57.6 Å². The van der Waals surface area contributed by atoms with Gasteiger partial charge in [0.25, 0.3) is 0 Å². The van der Waals surface area contributed by atoms with E-state index in [0.717, 1.165) is 26.3 Å². The summed E-state index contributed by atoms with van der Waals surface area (Å²) in [5.41, 5.74) is 0. The van der Waals surface area contributed by atoms with Crippen molar-refractivity contribution in [2.24, 2.45) is 0 Å². The molecule has 0 spiro atoms. The smallest absolute Gasteiger partial charge is 0.394 e. The highest BCUT2D eigenvalue weighted by Crippen LogP contribution is 1.82. The maximum absolute atomic E-state index is 9.61. The van der Waals surface area contributed by atoms with Gasteiger partial charge < -0.3 is 15.2 Å². The summed E-state index contributed by atoms with van der Waals surface area (Å²) >= 11 is 0. The number of ether oxygens (including phenoxy) is 1. The van der Waals surface area contributed by atoms with Gasteiger partial charge in [0, 0.05) is 13.1 Å². The molecule has 1 rings (SSSR count). The van der Waals surface area contributed by atoms with Crippen LogP contribution in [0.4, 0.5) is 0 Å². The Bertz CT molecular complexity index is 201. The lowest BCUT2D eigenvalue weighted by atomic mass is 10.5. The number of aliphatic hydroxyl groups excluding tert-OH is 1. The van der Waals surface area contributed by atoms with Crippen LogP contribution in [0.2, 0.25) is 0 Å². The minimum absolute atomic E-state index is 0.404. The molecule has 1 fully saturated rings. The molecular formula is C6H15NO6S. The van der Waals surface area contributed by atoms with Gasteiger partial charge in [-0.3, -0.25) is 4.55 Å². The molecule has 0 aliphatic carbocycles. The van der Waals surface area contributed by atoms with E-state index in [1.165, 1.54) is 0 Å². The average molecular weight is 229 g/mol. The molecule has 1 aliphatic heterocycles. The van der Waals surface area contributed by atoms with E-state index in [2.05, 4.69) is 9.50 Å². The first-order valence-electron chi connectivity index (χ1n) is 4.07. The minimum Gasteiger partial charge on any atom is -0.394 e. The van der Waals surface area contributed by atoms with Crippen LogP contribution in [0.25, 0.3) is 0 Å². The first-order valence-corrected chi connectivity index (χ1v) is 5.44. The molecule has 0 bridgehead atoms. The second-order valence-electron chi connectivity index (χ2n) is 2.34.